The molecule has 1 amide bonds. The lowest BCUT2D eigenvalue weighted by molar-refractivity contribution is 0.101. The second-order valence-corrected chi connectivity index (χ2v) is 5.74. The molecule has 0 aliphatic heterocycles. The van der Waals surface area contributed by atoms with Crippen LogP contribution in [0.4, 0.5) is 5.69 Å². The van der Waals surface area contributed by atoms with Crippen molar-refractivity contribution in [2.75, 3.05) is 12.4 Å². The van der Waals surface area contributed by atoms with Crippen LogP contribution >= 0.6 is 15.9 Å². The van der Waals surface area contributed by atoms with E-state index in [0.29, 0.717) is 12.3 Å². The zero-order valence-electron chi connectivity index (χ0n) is 12.2. The van der Waals surface area contributed by atoms with Crippen molar-refractivity contribution in [3.63, 3.8) is 0 Å². The molecule has 0 fully saturated rings. The van der Waals surface area contributed by atoms with Gasteiger partial charge in [-0.2, -0.15) is 0 Å². The van der Waals surface area contributed by atoms with E-state index in [9.17, 15) is 4.79 Å². The third-order valence-corrected chi connectivity index (χ3v) is 3.49. The molecule has 2 rings (SSSR count). The second kappa shape index (κ2) is 7.43. The van der Waals surface area contributed by atoms with Gasteiger partial charge < -0.3 is 14.6 Å². The summed E-state index contributed by atoms with van der Waals surface area (Å²) in [6.07, 6.45) is 2.91. The first-order valence-electron chi connectivity index (χ1n) is 6.89. The smallest absolute Gasteiger partial charge is 0.272 e. The van der Waals surface area contributed by atoms with E-state index in [-0.39, 0.29) is 5.91 Å². The Hall–Kier alpha value is -1.59. The number of rotatable bonds is 6. The third kappa shape index (κ3) is 4.19. The van der Waals surface area contributed by atoms with Gasteiger partial charge in [0.15, 0.2) is 0 Å². The Bertz CT molecular complexity index is 622. The van der Waals surface area contributed by atoms with Crippen molar-refractivity contribution in [1.29, 1.82) is 0 Å². The van der Waals surface area contributed by atoms with Gasteiger partial charge in [0.2, 0.25) is 0 Å². The molecule has 4 nitrogen and oxygen atoms in total. The van der Waals surface area contributed by atoms with Crippen LogP contribution in [0.1, 0.15) is 29.4 Å². The maximum atomic E-state index is 12.4. The Balaban J connectivity index is 2.16. The minimum absolute atomic E-state index is 0.108. The predicted octanol–water partition coefficient (Wildman–Crippen LogP) is 4.06. The molecule has 21 heavy (non-hydrogen) atoms. The zero-order chi connectivity index (χ0) is 15.2. The van der Waals surface area contributed by atoms with Crippen molar-refractivity contribution in [2.45, 2.75) is 26.5 Å². The van der Waals surface area contributed by atoms with Gasteiger partial charge in [-0.1, -0.05) is 19.1 Å². The molecule has 0 spiro atoms. The molecular formula is C16H19BrN2O2. The number of benzene rings is 1. The summed E-state index contributed by atoms with van der Waals surface area (Å²) < 4.78 is 7.97. The molecule has 0 saturated heterocycles. The van der Waals surface area contributed by atoms with Gasteiger partial charge in [0.25, 0.3) is 5.91 Å². The number of carbonyl (C=O) groups excluding carboxylic acids is 1. The number of anilines is 1. The summed E-state index contributed by atoms with van der Waals surface area (Å²) in [7, 11) is 1.65. The lowest BCUT2D eigenvalue weighted by atomic mass is 10.2. The fourth-order valence-electron chi connectivity index (χ4n) is 2.19. The summed E-state index contributed by atoms with van der Waals surface area (Å²) in [5.74, 6) is -0.108. The summed E-state index contributed by atoms with van der Waals surface area (Å²) in [4.78, 5) is 12.4. The number of nitrogens with one attached hydrogen (secondary N) is 1. The lowest BCUT2D eigenvalue weighted by Gasteiger charge is -2.09. The molecule has 0 aliphatic rings. The normalized spacial score (nSPS) is 10.6. The Kier molecular flexibility index (Phi) is 5.59. The molecule has 2 aromatic rings. The van der Waals surface area contributed by atoms with Gasteiger partial charge in [0.1, 0.15) is 5.69 Å². The maximum Gasteiger partial charge on any atom is 0.272 e. The van der Waals surface area contributed by atoms with E-state index in [1.165, 1.54) is 0 Å². The van der Waals surface area contributed by atoms with Crippen LogP contribution in [-0.4, -0.2) is 17.6 Å². The Morgan fingerprint density at radius 2 is 2.19 bits per heavy atom. The summed E-state index contributed by atoms with van der Waals surface area (Å²) >= 11 is 3.42. The zero-order valence-corrected chi connectivity index (χ0v) is 13.8. The summed E-state index contributed by atoms with van der Waals surface area (Å²) in [5, 5.41) is 2.93. The van der Waals surface area contributed by atoms with Gasteiger partial charge in [0.05, 0.1) is 6.61 Å². The van der Waals surface area contributed by atoms with Crippen LogP contribution in [-0.2, 0) is 17.9 Å². The van der Waals surface area contributed by atoms with Crippen molar-refractivity contribution in [3.05, 3.63) is 52.3 Å². The summed E-state index contributed by atoms with van der Waals surface area (Å²) in [6, 6.07) is 9.51. The topological polar surface area (TPSA) is 43.3 Å². The van der Waals surface area contributed by atoms with Crippen molar-refractivity contribution in [3.8, 4) is 0 Å². The van der Waals surface area contributed by atoms with Gasteiger partial charge in [-0.25, -0.2) is 0 Å². The van der Waals surface area contributed by atoms with E-state index in [1.54, 1.807) is 7.11 Å². The van der Waals surface area contributed by atoms with Crippen LogP contribution in [0.5, 0.6) is 0 Å². The van der Waals surface area contributed by atoms with Crippen LogP contribution in [0.25, 0.3) is 0 Å². The number of hydrogen-bond donors (Lipinski definition) is 1. The first-order valence-corrected chi connectivity index (χ1v) is 7.68. The molecule has 112 valence electrons. The van der Waals surface area contributed by atoms with E-state index in [0.717, 1.165) is 28.7 Å². The van der Waals surface area contributed by atoms with Crippen LogP contribution < -0.4 is 5.32 Å². The Labute approximate surface area is 133 Å². The Morgan fingerprint density at radius 3 is 2.90 bits per heavy atom. The number of carbonyl (C=O) groups is 1. The highest BCUT2D eigenvalue weighted by Crippen LogP contribution is 2.18. The van der Waals surface area contributed by atoms with Crippen LogP contribution in [0.15, 0.2) is 41.0 Å². The fraction of sp³-hybridized carbons (Fsp3) is 0.312. The quantitative estimate of drug-likeness (QED) is 0.853. The highest BCUT2D eigenvalue weighted by Gasteiger charge is 2.13. The number of amides is 1. The van der Waals surface area contributed by atoms with Gasteiger partial charge in [-0.05, 0) is 46.1 Å². The first-order chi connectivity index (χ1) is 10.1. The number of nitrogens with zero attached hydrogens (tertiary/aromatic N) is 1. The van der Waals surface area contributed by atoms with E-state index in [1.807, 2.05) is 41.1 Å². The van der Waals surface area contributed by atoms with Gasteiger partial charge >= 0.3 is 0 Å². The van der Waals surface area contributed by atoms with Crippen molar-refractivity contribution >= 4 is 27.5 Å². The molecule has 0 saturated carbocycles. The first kappa shape index (κ1) is 15.8. The van der Waals surface area contributed by atoms with Crippen molar-refractivity contribution in [1.82, 2.24) is 4.57 Å². The molecule has 1 N–H and O–H groups in total. The third-order valence-electron chi connectivity index (χ3n) is 3.06. The van der Waals surface area contributed by atoms with Crippen LogP contribution in [0, 0.1) is 0 Å². The molecule has 0 atom stereocenters. The minimum Gasteiger partial charge on any atom is -0.380 e. The van der Waals surface area contributed by atoms with Gasteiger partial charge in [-0.3, -0.25) is 4.79 Å². The monoisotopic (exact) mass is 350 g/mol. The highest BCUT2D eigenvalue weighted by atomic mass is 79.9. The van der Waals surface area contributed by atoms with E-state index in [2.05, 4.69) is 28.2 Å². The SMILES string of the molecule is CCCn1cc(Br)cc1C(=O)Nc1cccc(COC)c1. The average molecular weight is 351 g/mol. The minimum atomic E-state index is -0.108. The summed E-state index contributed by atoms with van der Waals surface area (Å²) in [5.41, 5.74) is 2.45. The Morgan fingerprint density at radius 1 is 1.38 bits per heavy atom. The van der Waals surface area contributed by atoms with Crippen LogP contribution in [0.2, 0.25) is 0 Å². The van der Waals surface area contributed by atoms with E-state index >= 15 is 0 Å². The predicted molar refractivity (Wildman–Crippen MR) is 87.5 cm³/mol. The number of aromatic nitrogens is 1. The van der Waals surface area contributed by atoms with Gasteiger partial charge in [0, 0.05) is 30.0 Å². The standard InChI is InChI=1S/C16H19BrN2O2/c1-3-7-19-10-13(17)9-15(19)16(20)18-14-6-4-5-12(8-14)11-21-2/h4-6,8-10H,3,7,11H2,1-2H3,(H,18,20). The molecule has 1 heterocycles. The molecule has 0 radical (unpaired) electrons. The number of methoxy groups -OCH3 is 1. The fourth-order valence-corrected chi connectivity index (χ4v) is 2.66. The van der Waals surface area contributed by atoms with Crippen molar-refractivity contribution in [2.24, 2.45) is 0 Å². The van der Waals surface area contributed by atoms with Gasteiger partial charge in [-0.15, -0.1) is 0 Å². The number of halogens is 1. The average Bonchev–Trinajstić information content (AvgIpc) is 2.81. The van der Waals surface area contributed by atoms with E-state index < -0.39 is 0 Å². The van der Waals surface area contributed by atoms with Crippen LogP contribution in [0.3, 0.4) is 0 Å². The molecule has 0 bridgehead atoms. The summed E-state index contributed by atoms with van der Waals surface area (Å²) in [6.45, 7) is 3.43. The number of aryl methyl sites for hydroxylation is 1. The molecule has 1 aromatic heterocycles. The molecule has 1 aromatic carbocycles. The maximum absolute atomic E-state index is 12.4. The van der Waals surface area contributed by atoms with E-state index in [4.69, 9.17) is 4.74 Å². The largest absolute Gasteiger partial charge is 0.380 e. The second-order valence-electron chi connectivity index (χ2n) is 4.82. The lowest BCUT2D eigenvalue weighted by Crippen LogP contribution is -2.16. The molecule has 0 unspecified atom stereocenters. The molecule has 0 aliphatic carbocycles. The highest BCUT2D eigenvalue weighted by molar-refractivity contribution is 9.10. The molecule has 5 heteroatoms. The molecular weight excluding hydrogens is 332 g/mol. The number of hydrogen-bond acceptors (Lipinski definition) is 2. The number of ether oxygens (including phenoxy) is 1. The van der Waals surface area contributed by atoms with Crippen molar-refractivity contribution < 1.29 is 9.53 Å².